The van der Waals surface area contributed by atoms with E-state index in [0.717, 1.165) is 16.7 Å². The Morgan fingerprint density at radius 2 is 1.37 bits per heavy atom. The van der Waals surface area contributed by atoms with Gasteiger partial charge >= 0.3 is 0 Å². The SMILES string of the molecule is CC(C)(C)c1cc(COCO)cc(C(C)(C)C)c1O. The van der Waals surface area contributed by atoms with Gasteiger partial charge in [0.25, 0.3) is 0 Å². The number of ether oxygens (including phenoxy) is 1. The molecular weight excluding hydrogens is 240 g/mol. The van der Waals surface area contributed by atoms with Crippen LogP contribution in [-0.2, 0) is 22.2 Å². The Kier molecular flexibility index (Phi) is 4.64. The van der Waals surface area contributed by atoms with E-state index in [9.17, 15) is 5.11 Å². The van der Waals surface area contributed by atoms with Crippen LogP contribution >= 0.6 is 0 Å². The summed E-state index contributed by atoms with van der Waals surface area (Å²) in [6, 6.07) is 3.92. The van der Waals surface area contributed by atoms with E-state index in [1.165, 1.54) is 0 Å². The van der Waals surface area contributed by atoms with Crippen LogP contribution in [0.5, 0.6) is 5.75 Å². The fraction of sp³-hybridized carbons (Fsp3) is 0.625. The maximum absolute atomic E-state index is 10.5. The largest absolute Gasteiger partial charge is 0.507 e. The molecule has 0 aliphatic heterocycles. The van der Waals surface area contributed by atoms with Crippen molar-refractivity contribution < 1.29 is 14.9 Å². The minimum absolute atomic E-state index is 0.140. The van der Waals surface area contributed by atoms with Crippen LogP contribution in [0.4, 0.5) is 0 Å². The van der Waals surface area contributed by atoms with Crippen LogP contribution in [0, 0.1) is 0 Å². The fourth-order valence-electron chi connectivity index (χ4n) is 2.08. The molecule has 0 saturated carbocycles. The minimum Gasteiger partial charge on any atom is -0.507 e. The molecule has 0 fully saturated rings. The van der Waals surface area contributed by atoms with Gasteiger partial charge in [-0.25, -0.2) is 0 Å². The second kappa shape index (κ2) is 5.51. The van der Waals surface area contributed by atoms with E-state index in [1.54, 1.807) is 0 Å². The third-order valence-electron chi connectivity index (χ3n) is 3.15. The van der Waals surface area contributed by atoms with Crippen LogP contribution in [0.15, 0.2) is 12.1 Å². The number of phenolic OH excluding ortho intramolecular Hbond substituents is 1. The van der Waals surface area contributed by atoms with Crippen molar-refractivity contribution in [3.63, 3.8) is 0 Å². The second-order valence-corrected chi connectivity index (χ2v) is 7.02. The molecule has 19 heavy (non-hydrogen) atoms. The normalized spacial score (nSPS) is 12.8. The molecule has 1 aromatic rings. The number of aliphatic hydroxyl groups excluding tert-OH is 1. The van der Waals surface area contributed by atoms with Gasteiger partial charge in [0.2, 0.25) is 0 Å². The highest BCUT2D eigenvalue weighted by Gasteiger charge is 2.26. The standard InChI is InChI=1S/C16H26O3/c1-15(2,3)12-7-11(9-19-10-17)8-13(14(12)18)16(4,5)6/h7-8,17-18H,9-10H2,1-6H3. The van der Waals surface area contributed by atoms with Crippen molar-refractivity contribution in [2.24, 2.45) is 0 Å². The summed E-state index contributed by atoms with van der Waals surface area (Å²) in [5, 5.41) is 19.3. The molecule has 0 unspecified atom stereocenters. The summed E-state index contributed by atoms with van der Waals surface area (Å²) < 4.78 is 5.07. The van der Waals surface area contributed by atoms with E-state index in [4.69, 9.17) is 9.84 Å². The quantitative estimate of drug-likeness (QED) is 0.824. The monoisotopic (exact) mass is 266 g/mol. The van der Waals surface area contributed by atoms with Crippen molar-refractivity contribution in [3.8, 4) is 5.75 Å². The van der Waals surface area contributed by atoms with Crippen molar-refractivity contribution in [1.82, 2.24) is 0 Å². The first-order valence-corrected chi connectivity index (χ1v) is 6.63. The van der Waals surface area contributed by atoms with Gasteiger partial charge in [-0.1, -0.05) is 41.5 Å². The van der Waals surface area contributed by atoms with Gasteiger partial charge < -0.3 is 14.9 Å². The topological polar surface area (TPSA) is 49.7 Å². The molecule has 0 atom stereocenters. The Balaban J connectivity index is 3.39. The lowest BCUT2D eigenvalue weighted by Crippen LogP contribution is -2.18. The van der Waals surface area contributed by atoms with E-state index in [1.807, 2.05) is 12.1 Å². The summed E-state index contributed by atoms with van der Waals surface area (Å²) in [6.07, 6.45) is 0. The summed E-state index contributed by atoms with van der Waals surface area (Å²) in [4.78, 5) is 0. The molecule has 1 rings (SSSR count). The fourth-order valence-corrected chi connectivity index (χ4v) is 2.08. The number of hydrogen-bond acceptors (Lipinski definition) is 3. The number of aliphatic hydroxyl groups is 1. The Labute approximate surface area is 116 Å². The highest BCUT2D eigenvalue weighted by Crippen LogP contribution is 2.39. The van der Waals surface area contributed by atoms with Gasteiger partial charge in [0, 0.05) is 0 Å². The van der Waals surface area contributed by atoms with E-state index in [-0.39, 0.29) is 17.6 Å². The molecular formula is C16H26O3. The summed E-state index contributed by atoms with van der Waals surface area (Å²) in [7, 11) is 0. The molecule has 0 spiro atoms. The maximum atomic E-state index is 10.5. The van der Waals surface area contributed by atoms with Gasteiger partial charge in [-0.15, -0.1) is 0 Å². The first-order chi connectivity index (χ1) is 8.57. The van der Waals surface area contributed by atoms with Crippen molar-refractivity contribution in [2.45, 2.75) is 59.0 Å². The van der Waals surface area contributed by atoms with Gasteiger partial charge in [0.15, 0.2) is 0 Å². The molecule has 3 nitrogen and oxygen atoms in total. The zero-order valence-electron chi connectivity index (χ0n) is 12.9. The summed E-state index contributed by atoms with van der Waals surface area (Å²) in [6.45, 7) is 12.5. The van der Waals surface area contributed by atoms with Gasteiger partial charge in [0.05, 0.1) is 6.61 Å². The van der Waals surface area contributed by atoms with Crippen LogP contribution in [0.1, 0.15) is 58.2 Å². The van der Waals surface area contributed by atoms with Crippen molar-refractivity contribution in [3.05, 3.63) is 28.8 Å². The average molecular weight is 266 g/mol. The molecule has 2 N–H and O–H groups in total. The van der Waals surface area contributed by atoms with Crippen LogP contribution < -0.4 is 0 Å². The van der Waals surface area contributed by atoms with E-state index < -0.39 is 0 Å². The smallest absolute Gasteiger partial charge is 0.144 e. The van der Waals surface area contributed by atoms with E-state index in [2.05, 4.69) is 41.5 Å². The second-order valence-electron chi connectivity index (χ2n) is 7.02. The first-order valence-electron chi connectivity index (χ1n) is 6.63. The van der Waals surface area contributed by atoms with Gasteiger partial charge in [-0.05, 0) is 39.7 Å². The Morgan fingerprint density at radius 1 is 0.947 bits per heavy atom. The molecule has 0 aliphatic rings. The zero-order valence-corrected chi connectivity index (χ0v) is 12.9. The molecule has 0 aromatic heterocycles. The van der Waals surface area contributed by atoms with Gasteiger partial charge in [-0.2, -0.15) is 0 Å². The number of rotatable bonds is 3. The predicted molar refractivity (Wildman–Crippen MR) is 77.4 cm³/mol. The highest BCUT2D eigenvalue weighted by atomic mass is 16.6. The number of hydrogen-bond donors (Lipinski definition) is 2. The molecule has 108 valence electrons. The zero-order chi connectivity index (χ0) is 14.8. The van der Waals surface area contributed by atoms with Crippen molar-refractivity contribution in [2.75, 3.05) is 6.79 Å². The lowest BCUT2D eigenvalue weighted by atomic mass is 9.78. The van der Waals surface area contributed by atoms with E-state index >= 15 is 0 Å². The maximum Gasteiger partial charge on any atom is 0.144 e. The molecule has 1 aromatic carbocycles. The summed E-state index contributed by atoms with van der Waals surface area (Å²) in [5.41, 5.74) is 2.52. The number of phenols is 1. The molecule has 0 aliphatic carbocycles. The van der Waals surface area contributed by atoms with Crippen LogP contribution in [0.3, 0.4) is 0 Å². The molecule has 0 bridgehead atoms. The Hall–Kier alpha value is -1.06. The lowest BCUT2D eigenvalue weighted by Gasteiger charge is -2.28. The third-order valence-corrected chi connectivity index (χ3v) is 3.15. The summed E-state index contributed by atoms with van der Waals surface area (Å²) >= 11 is 0. The number of benzene rings is 1. The molecule has 0 saturated heterocycles. The van der Waals surface area contributed by atoms with Gasteiger partial charge in [0.1, 0.15) is 12.5 Å². The van der Waals surface area contributed by atoms with Crippen LogP contribution in [-0.4, -0.2) is 17.0 Å². The molecule has 0 heterocycles. The Bertz CT molecular complexity index is 401. The molecule has 0 radical (unpaired) electrons. The van der Waals surface area contributed by atoms with E-state index in [0.29, 0.717) is 12.4 Å². The van der Waals surface area contributed by atoms with Crippen LogP contribution in [0.2, 0.25) is 0 Å². The lowest BCUT2D eigenvalue weighted by molar-refractivity contribution is -0.0113. The van der Waals surface area contributed by atoms with Crippen molar-refractivity contribution >= 4 is 0 Å². The molecule has 3 heteroatoms. The number of aromatic hydroxyl groups is 1. The summed E-state index contributed by atoms with van der Waals surface area (Å²) in [5.74, 6) is 0.368. The predicted octanol–water partition coefficient (Wildman–Crippen LogP) is 3.45. The Morgan fingerprint density at radius 3 is 1.68 bits per heavy atom. The van der Waals surface area contributed by atoms with Gasteiger partial charge in [-0.3, -0.25) is 0 Å². The highest BCUT2D eigenvalue weighted by molar-refractivity contribution is 5.49. The third kappa shape index (κ3) is 3.95. The molecule has 0 amide bonds. The average Bonchev–Trinajstić information content (AvgIpc) is 2.24. The van der Waals surface area contributed by atoms with Crippen molar-refractivity contribution in [1.29, 1.82) is 0 Å². The van der Waals surface area contributed by atoms with Crippen LogP contribution in [0.25, 0.3) is 0 Å². The first kappa shape index (κ1) is 16.0. The minimum atomic E-state index is -0.295.